The third kappa shape index (κ3) is 7.89. The summed E-state index contributed by atoms with van der Waals surface area (Å²) in [5.74, 6) is 0. The molecule has 0 atom stereocenters. The minimum absolute atomic E-state index is 0.814. The molecular formula is C7H11BrO. The van der Waals surface area contributed by atoms with Crippen LogP contribution in [0.25, 0.3) is 0 Å². The van der Waals surface area contributed by atoms with Gasteiger partial charge in [-0.05, 0) is 25.3 Å². The molecule has 0 bridgehead atoms. The van der Waals surface area contributed by atoms with Gasteiger partial charge in [0.15, 0.2) is 0 Å². The van der Waals surface area contributed by atoms with Crippen LogP contribution in [0.15, 0.2) is 12.2 Å². The van der Waals surface area contributed by atoms with Crippen molar-refractivity contribution in [3.8, 4) is 0 Å². The minimum Gasteiger partial charge on any atom is -0.299 e. The van der Waals surface area contributed by atoms with E-state index in [-0.39, 0.29) is 0 Å². The molecule has 0 unspecified atom stereocenters. The highest BCUT2D eigenvalue weighted by atomic mass is 79.9. The molecule has 9 heavy (non-hydrogen) atoms. The number of rotatable bonds is 5. The van der Waals surface area contributed by atoms with Crippen LogP contribution >= 0.6 is 15.9 Å². The van der Waals surface area contributed by atoms with Crippen LogP contribution in [0, 0.1) is 0 Å². The van der Waals surface area contributed by atoms with Crippen LogP contribution in [-0.4, -0.2) is 11.6 Å². The molecule has 0 aliphatic rings. The van der Waals surface area contributed by atoms with Gasteiger partial charge in [-0.2, -0.15) is 0 Å². The Morgan fingerprint density at radius 1 is 1.33 bits per heavy atom. The van der Waals surface area contributed by atoms with Crippen molar-refractivity contribution in [2.24, 2.45) is 0 Å². The van der Waals surface area contributed by atoms with E-state index in [2.05, 4.69) is 15.9 Å². The van der Waals surface area contributed by atoms with Gasteiger partial charge in [-0.3, -0.25) is 4.79 Å². The van der Waals surface area contributed by atoms with Crippen LogP contribution in [0.4, 0.5) is 0 Å². The zero-order valence-corrected chi connectivity index (χ0v) is 6.93. The number of unbranched alkanes of at least 4 members (excludes halogenated alkanes) is 2. The molecule has 0 radical (unpaired) electrons. The second-order valence-corrected chi connectivity index (χ2v) is 2.54. The topological polar surface area (TPSA) is 17.1 Å². The molecule has 0 spiro atoms. The molecule has 52 valence electrons. The maximum Gasteiger partial charge on any atom is 0.142 e. The Balaban J connectivity index is 2.90. The zero-order valence-electron chi connectivity index (χ0n) is 5.35. The predicted molar refractivity (Wildman–Crippen MR) is 42.8 cm³/mol. The molecule has 0 aromatic carbocycles. The second kappa shape index (κ2) is 7.89. The molecule has 0 aliphatic carbocycles. The van der Waals surface area contributed by atoms with Gasteiger partial charge in [0, 0.05) is 5.33 Å². The molecule has 0 aromatic rings. The Kier molecular flexibility index (Phi) is 7.79. The van der Waals surface area contributed by atoms with Gasteiger partial charge in [-0.15, -0.1) is 0 Å². The van der Waals surface area contributed by atoms with Gasteiger partial charge in [0.25, 0.3) is 0 Å². The van der Waals surface area contributed by atoms with Gasteiger partial charge in [0.2, 0.25) is 0 Å². The fourth-order valence-electron chi connectivity index (χ4n) is 0.508. The van der Waals surface area contributed by atoms with E-state index in [0.29, 0.717) is 0 Å². The standard InChI is InChI=1S/C7H11BrO/c8-6-4-2-1-3-5-7-9/h3,5,7H,1-2,4,6H2/b5-3-. The number of alkyl halides is 1. The molecule has 0 aliphatic heterocycles. The monoisotopic (exact) mass is 190 g/mol. The van der Waals surface area contributed by atoms with E-state index in [4.69, 9.17) is 0 Å². The van der Waals surface area contributed by atoms with Crippen molar-refractivity contribution in [2.45, 2.75) is 19.3 Å². The van der Waals surface area contributed by atoms with Crippen LogP contribution in [0.1, 0.15) is 19.3 Å². The van der Waals surface area contributed by atoms with Crippen molar-refractivity contribution in [3.05, 3.63) is 12.2 Å². The molecule has 0 N–H and O–H groups in total. The fourth-order valence-corrected chi connectivity index (χ4v) is 0.905. The predicted octanol–water partition coefficient (Wildman–Crippen LogP) is 2.31. The highest BCUT2D eigenvalue weighted by Gasteiger charge is 1.80. The number of allylic oxidation sites excluding steroid dienone is 2. The molecule has 0 fully saturated rings. The third-order valence-corrected chi connectivity index (χ3v) is 1.53. The van der Waals surface area contributed by atoms with Crippen molar-refractivity contribution in [1.29, 1.82) is 0 Å². The maximum absolute atomic E-state index is 9.74. The third-order valence-electron chi connectivity index (χ3n) is 0.969. The Bertz CT molecular complexity index is 88.9. The minimum atomic E-state index is 0.814. The summed E-state index contributed by atoms with van der Waals surface area (Å²) in [5, 5.41) is 1.06. The zero-order chi connectivity index (χ0) is 6.95. The van der Waals surface area contributed by atoms with Crippen molar-refractivity contribution < 1.29 is 4.79 Å². The van der Waals surface area contributed by atoms with Crippen molar-refractivity contribution in [1.82, 2.24) is 0 Å². The van der Waals surface area contributed by atoms with E-state index in [0.717, 1.165) is 24.5 Å². The van der Waals surface area contributed by atoms with Gasteiger partial charge in [-0.25, -0.2) is 0 Å². The average molecular weight is 191 g/mol. The quantitative estimate of drug-likeness (QED) is 0.282. The molecule has 1 nitrogen and oxygen atoms in total. The number of aldehydes is 1. The summed E-state index contributed by atoms with van der Waals surface area (Å²) in [5.41, 5.74) is 0. The van der Waals surface area contributed by atoms with Gasteiger partial charge < -0.3 is 0 Å². The number of carbonyl (C=O) groups is 1. The van der Waals surface area contributed by atoms with Gasteiger partial charge >= 0.3 is 0 Å². The summed E-state index contributed by atoms with van der Waals surface area (Å²) < 4.78 is 0. The number of hydrogen-bond donors (Lipinski definition) is 0. The smallest absolute Gasteiger partial charge is 0.142 e. The Hall–Kier alpha value is -0.110. The second-order valence-electron chi connectivity index (χ2n) is 1.75. The van der Waals surface area contributed by atoms with E-state index in [9.17, 15) is 4.79 Å². The number of halogens is 1. The summed E-state index contributed by atoms with van der Waals surface area (Å²) in [6.07, 6.45) is 7.63. The largest absolute Gasteiger partial charge is 0.299 e. The fraction of sp³-hybridized carbons (Fsp3) is 0.571. The van der Waals surface area contributed by atoms with Crippen LogP contribution in [0.3, 0.4) is 0 Å². The first kappa shape index (κ1) is 8.89. The molecule has 0 heterocycles. The SMILES string of the molecule is O=C/C=C\CCCCBr. The average Bonchev–Trinajstić information content (AvgIpc) is 1.89. The van der Waals surface area contributed by atoms with E-state index < -0.39 is 0 Å². The van der Waals surface area contributed by atoms with Crippen LogP contribution < -0.4 is 0 Å². The molecule has 0 rings (SSSR count). The van der Waals surface area contributed by atoms with Crippen LogP contribution in [0.2, 0.25) is 0 Å². The highest BCUT2D eigenvalue weighted by molar-refractivity contribution is 9.09. The molecular weight excluding hydrogens is 180 g/mol. The molecule has 0 saturated heterocycles. The van der Waals surface area contributed by atoms with E-state index in [1.165, 1.54) is 6.42 Å². The molecule has 0 aromatic heterocycles. The van der Waals surface area contributed by atoms with Crippen molar-refractivity contribution in [3.63, 3.8) is 0 Å². The van der Waals surface area contributed by atoms with E-state index in [1.54, 1.807) is 6.08 Å². The van der Waals surface area contributed by atoms with Crippen molar-refractivity contribution >= 4 is 22.2 Å². The van der Waals surface area contributed by atoms with E-state index in [1.807, 2.05) is 6.08 Å². The Labute approximate surface area is 64.3 Å². The summed E-state index contributed by atoms with van der Waals surface area (Å²) in [7, 11) is 0. The first-order chi connectivity index (χ1) is 4.41. The van der Waals surface area contributed by atoms with Gasteiger partial charge in [0.05, 0.1) is 0 Å². The van der Waals surface area contributed by atoms with Crippen molar-refractivity contribution in [2.75, 3.05) is 5.33 Å². The lowest BCUT2D eigenvalue weighted by Gasteiger charge is -1.87. The molecule has 2 heteroatoms. The van der Waals surface area contributed by atoms with Gasteiger partial charge in [0.1, 0.15) is 6.29 Å². The summed E-state index contributed by atoms with van der Waals surface area (Å²) >= 11 is 3.32. The normalized spacial score (nSPS) is 10.3. The lowest BCUT2D eigenvalue weighted by molar-refractivity contribution is -0.104. The van der Waals surface area contributed by atoms with E-state index >= 15 is 0 Å². The summed E-state index contributed by atoms with van der Waals surface area (Å²) in [6, 6.07) is 0. The lowest BCUT2D eigenvalue weighted by Crippen LogP contribution is -1.73. The Morgan fingerprint density at radius 3 is 2.67 bits per heavy atom. The maximum atomic E-state index is 9.74. The Morgan fingerprint density at radius 2 is 2.11 bits per heavy atom. The summed E-state index contributed by atoms with van der Waals surface area (Å²) in [4.78, 5) is 9.74. The number of carbonyl (C=O) groups excluding carboxylic acids is 1. The number of hydrogen-bond acceptors (Lipinski definition) is 1. The van der Waals surface area contributed by atoms with Crippen LogP contribution in [-0.2, 0) is 4.79 Å². The highest BCUT2D eigenvalue weighted by Crippen LogP contribution is 1.98. The van der Waals surface area contributed by atoms with Crippen LogP contribution in [0.5, 0.6) is 0 Å². The summed E-state index contributed by atoms with van der Waals surface area (Å²) in [6.45, 7) is 0. The first-order valence-electron chi connectivity index (χ1n) is 3.08. The first-order valence-corrected chi connectivity index (χ1v) is 4.20. The molecule has 0 saturated carbocycles. The lowest BCUT2D eigenvalue weighted by atomic mass is 10.2. The molecule has 0 amide bonds. The van der Waals surface area contributed by atoms with Gasteiger partial charge in [-0.1, -0.05) is 22.0 Å².